The Labute approximate surface area is 187 Å². The van der Waals surface area contributed by atoms with E-state index in [1.807, 2.05) is 57.3 Å². The molecule has 2 aromatic carbocycles. The number of carbonyl (C=O) groups is 2. The molecule has 1 amide bonds. The van der Waals surface area contributed by atoms with Crippen molar-refractivity contribution < 1.29 is 19.4 Å². The maximum atomic E-state index is 13.1. The van der Waals surface area contributed by atoms with E-state index in [0.717, 1.165) is 27.8 Å². The first-order valence-corrected chi connectivity index (χ1v) is 10.9. The smallest absolute Gasteiger partial charge is 0.295 e. The Kier molecular flexibility index (Phi) is 5.78. The van der Waals surface area contributed by atoms with E-state index < -0.39 is 17.7 Å². The van der Waals surface area contributed by atoms with Crippen molar-refractivity contribution in [2.24, 2.45) is 0 Å². The SMILES string of the molecule is CCCN1C(=O)C(=O)/C(=C(/O)c2ccc(OC)c(C(C)C)c2)C1c1c[nH]c2ccccc12. The molecule has 4 rings (SSSR count). The van der Waals surface area contributed by atoms with Crippen molar-refractivity contribution in [2.75, 3.05) is 13.7 Å². The number of aliphatic hydroxyl groups is 1. The number of para-hydroxylation sites is 1. The van der Waals surface area contributed by atoms with E-state index in [9.17, 15) is 14.7 Å². The predicted molar refractivity (Wildman–Crippen MR) is 125 cm³/mol. The summed E-state index contributed by atoms with van der Waals surface area (Å²) < 4.78 is 5.45. The summed E-state index contributed by atoms with van der Waals surface area (Å²) in [6, 6.07) is 12.4. The number of nitrogens with zero attached hydrogens (tertiary/aromatic N) is 1. The summed E-state index contributed by atoms with van der Waals surface area (Å²) >= 11 is 0. The van der Waals surface area contributed by atoms with Gasteiger partial charge in [0.25, 0.3) is 11.7 Å². The first-order valence-electron chi connectivity index (χ1n) is 10.9. The summed E-state index contributed by atoms with van der Waals surface area (Å²) in [5.74, 6) is -0.531. The lowest BCUT2D eigenvalue weighted by Gasteiger charge is -2.24. The highest BCUT2D eigenvalue weighted by molar-refractivity contribution is 6.46. The molecular formula is C26H28N2O4. The fourth-order valence-corrected chi connectivity index (χ4v) is 4.48. The van der Waals surface area contributed by atoms with Crippen molar-refractivity contribution in [3.63, 3.8) is 0 Å². The third kappa shape index (κ3) is 3.45. The van der Waals surface area contributed by atoms with Gasteiger partial charge in [-0.3, -0.25) is 9.59 Å². The highest BCUT2D eigenvalue weighted by Gasteiger charge is 2.46. The van der Waals surface area contributed by atoms with Gasteiger partial charge in [0.05, 0.1) is 18.7 Å². The highest BCUT2D eigenvalue weighted by atomic mass is 16.5. The number of hydrogen-bond donors (Lipinski definition) is 2. The van der Waals surface area contributed by atoms with Crippen molar-refractivity contribution in [1.29, 1.82) is 0 Å². The van der Waals surface area contributed by atoms with Gasteiger partial charge in [0.2, 0.25) is 0 Å². The summed E-state index contributed by atoms with van der Waals surface area (Å²) in [6.45, 7) is 6.46. The van der Waals surface area contributed by atoms with Gasteiger partial charge >= 0.3 is 0 Å². The van der Waals surface area contributed by atoms with Crippen LogP contribution in [0.2, 0.25) is 0 Å². The van der Waals surface area contributed by atoms with E-state index in [4.69, 9.17) is 4.74 Å². The lowest BCUT2D eigenvalue weighted by atomic mass is 9.93. The molecule has 0 bridgehead atoms. The Morgan fingerprint density at radius 1 is 1.19 bits per heavy atom. The highest BCUT2D eigenvalue weighted by Crippen LogP contribution is 2.42. The number of hydrogen-bond acceptors (Lipinski definition) is 4. The van der Waals surface area contributed by atoms with Crippen molar-refractivity contribution in [2.45, 2.75) is 39.2 Å². The predicted octanol–water partition coefficient (Wildman–Crippen LogP) is 5.13. The van der Waals surface area contributed by atoms with Crippen molar-refractivity contribution in [3.8, 4) is 5.75 Å². The number of aliphatic hydroxyl groups excluding tert-OH is 1. The van der Waals surface area contributed by atoms with Crippen molar-refractivity contribution >= 4 is 28.4 Å². The van der Waals surface area contributed by atoms with Gasteiger partial charge in [-0.25, -0.2) is 0 Å². The second-order valence-electron chi connectivity index (χ2n) is 8.39. The summed E-state index contributed by atoms with van der Waals surface area (Å²) in [4.78, 5) is 30.9. The number of fused-ring (bicyclic) bond motifs is 1. The molecule has 1 fully saturated rings. The minimum absolute atomic E-state index is 0.119. The first kappa shape index (κ1) is 21.7. The third-order valence-corrected chi connectivity index (χ3v) is 6.05. The van der Waals surface area contributed by atoms with E-state index in [1.54, 1.807) is 24.1 Å². The number of ketones is 1. The molecule has 6 heteroatoms. The van der Waals surface area contributed by atoms with Gasteiger partial charge in [-0.2, -0.15) is 0 Å². The van der Waals surface area contributed by atoms with Crippen LogP contribution in [0, 0.1) is 0 Å². The second-order valence-corrected chi connectivity index (χ2v) is 8.39. The Hall–Kier alpha value is -3.54. The van der Waals surface area contributed by atoms with Crippen LogP contribution < -0.4 is 4.74 Å². The lowest BCUT2D eigenvalue weighted by molar-refractivity contribution is -0.139. The first-order chi connectivity index (χ1) is 15.4. The molecule has 1 aliphatic heterocycles. The molecule has 0 aliphatic carbocycles. The average molecular weight is 433 g/mol. The van der Waals surface area contributed by atoms with Crippen LogP contribution in [0.4, 0.5) is 0 Å². The van der Waals surface area contributed by atoms with Crippen LogP contribution in [0.15, 0.2) is 54.2 Å². The van der Waals surface area contributed by atoms with Gasteiger partial charge in [0, 0.05) is 34.8 Å². The van der Waals surface area contributed by atoms with Crippen LogP contribution in [-0.4, -0.2) is 40.3 Å². The number of ether oxygens (including phenoxy) is 1. The number of amides is 1. The molecule has 3 aromatic rings. The number of aromatic nitrogens is 1. The zero-order chi connectivity index (χ0) is 23.0. The van der Waals surface area contributed by atoms with Crippen molar-refractivity contribution in [3.05, 3.63) is 70.9 Å². The average Bonchev–Trinajstić information content (AvgIpc) is 3.32. The Morgan fingerprint density at radius 2 is 1.94 bits per heavy atom. The molecule has 1 aliphatic rings. The van der Waals surface area contributed by atoms with E-state index in [0.29, 0.717) is 18.5 Å². The van der Waals surface area contributed by atoms with E-state index in [2.05, 4.69) is 4.98 Å². The van der Waals surface area contributed by atoms with Crippen LogP contribution >= 0.6 is 0 Å². The number of methoxy groups -OCH3 is 1. The fraction of sp³-hybridized carbons (Fsp3) is 0.308. The molecule has 32 heavy (non-hydrogen) atoms. The number of likely N-dealkylation sites (tertiary alicyclic amines) is 1. The van der Waals surface area contributed by atoms with Crippen LogP contribution in [0.1, 0.15) is 55.8 Å². The largest absolute Gasteiger partial charge is 0.507 e. The summed E-state index contributed by atoms with van der Waals surface area (Å²) in [7, 11) is 1.61. The normalized spacial score (nSPS) is 18.2. The zero-order valence-corrected chi connectivity index (χ0v) is 18.8. The van der Waals surface area contributed by atoms with Gasteiger partial charge in [-0.15, -0.1) is 0 Å². The van der Waals surface area contributed by atoms with Crippen LogP contribution in [-0.2, 0) is 9.59 Å². The zero-order valence-electron chi connectivity index (χ0n) is 18.8. The second kappa shape index (κ2) is 8.54. The quantitative estimate of drug-likeness (QED) is 0.321. The standard InChI is InChI=1S/C26H28N2O4/c1-5-12-28-23(19-14-27-20-9-7-6-8-17(19)20)22(25(30)26(28)31)24(29)16-10-11-21(32-4)18(13-16)15(2)3/h6-11,13-15,23,27,29H,5,12H2,1-4H3/b24-22+. The number of nitrogens with one attached hydrogen (secondary N) is 1. The van der Waals surface area contributed by atoms with Crippen LogP contribution in [0.25, 0.3) is 16.7 Å². The molecule has 166 valence electrons. The molecule has 1 aromatic heterocycles. The molecule has 1 saturated heterocycles. The number of H-pyrrole nitrogens is 1. The van der Waals surface area contributed by atoms with E-state index in [1.165, 1.54) is 0 Å². The van der Waals surface area contributed by atoms with Gasteiger partial charge in [0.1, 0.15) is 11.5 Å². The summed E-state index contributed by atoms with van der Waals surface area (Å²) in [5.41, 5.74) is 3.24. The molecule has 1 atom stereocenters. The molecule has 0 spiro atoms. The monoisotopic (exact) mass is 432 g/mol. The Morgan fingerprint density at radius 3 is 2.62 bits per heavy atom. The summed E-state index contributed by atoms with van der Waals surface area (Å²) in [5, 5.41) is 12.3. The maximum Gasteiger partial charge on any atom is 0.295 e. The molecule has 2 N–H and O–H groups in total. The fourth-order valence-electron chi connectivity index (χ4n) is 4.48. The topological polar surface area (TPSA) is 82.6 Å². The van der Waals surface area contributed by atoms with E-state index in [-0.39, 0.29) is 17.3 Å². The lowest BCUT2D eigenvalue weighted by Crippen LogP contribution is -2.30. The Bertz CT molecular complexity index is 1220. The minimum Gasteiger partial charge on any atom is -0.507 e. The molecule has 1 unspecified atom stereocenters. The van der Waals surface area contributed by atoms with Gasteiger partial charge in [-0.05, 0) is 42.2 Å². The van der Waals surface area contributed by atoms with Gasteiger partial charge < -0.3 is 19.7 Å². The maximum absolute atomic E-state index is 13.1. The van der Waals surface area contributed by atoms with Crippen LogP contribution in [0.3, 0.4) is 0 Å². The van der Waals surface area contributed by atoms with Gasteiger partial charge in [-0.1, -0.05) is 39.0 Å². The van der Waals surface area contributed by atoms with Crippen LogP contribution in [0.5, 0.6) is 5.75 Å². The molecule has 6 nitrogen and oxygen atoms in total. The summed E-state index contributed by atoms with van der Waals surface area (Å²) in [6.07, 6.45) is 2.52. The molecule has 0 radical (unpaired) electrons. The number of aromatic amines is 1. The number of Topliss-reactive ketones (excluding diaryl/α,β-unsaturated/α-hetero) is 1. The molecular weight excluding hydrogens is 404 g/mol. The number of rotatable bonds is 6. The minimum atomic E-state index is -0.659. The Balaban J connectivity index is 1.94. The third-order valence-electron chi connectivity index (χ3n) is 6.05. The van der Waals surface area contributed by atoms with Gasteiger partial charge in [0.15, 0.2) is 0 Å². The number of carbonyl (C=O) groups excluding carboxylic acids is 2. The molecule has 2 heterocycles. The van der Waals surface area contributed by atoms with E-state index >= 15 is 0 Å². The molecule has 0 saturated carbocycles. The number of benzene rings is 2. The van der Waals surface area contributed by atoms with Crippen molar-refractivity contribution in [1.82, 2.24) is 9.88 Å².